The minimum absolute atomic E-state index is 0. The van der Waals surface area contributed by atoms with Gasteiger partial charge < -0.3 is 0 Å². The van der Waals surface area contributed by atoms with E-state index in [1.54, 1.807) is 0 Å². The van der Waals surface area contributed by atoms with Crippen molar-refractivity contribution in [3.8, 4) is 0 Å². The monoisotopic (exact) mass is 377 g/mol. The maximum absolute atomic E-state index is 12.7. The van der Waals surface area contributed by atoms with E-state index in [4.69, 9.17) is 0 Å². The van der Waals surface area contributed by atoms with Gasteiger partial charge in [-0.2, -0.15) is 0 Å². The largest absolute Gasteiger partial charge is 0.298 e. The third-order valence-electron chi connectivity index (χ3n) is 4.24. The van der Waals surface area contributed by atoms with Crippen LogP contribution in [0.15, 0.2) is 96.1 Å². The van der Waals surface area contributed by atoms with E-state index in [0.717, 1.165) is 22.3 Å². The highest BCUT2D eigenvalue weighted by Crippen LogP contribution is 2.17. The summed E-state index contributed by atoms with van der Waals surface area (Å²) in [5.74, 6) is 0.138. The molecule has 0 amide bonds. The molecule has 0 unspecified atom stereocenters. The molecule has 3 heteroatoms. The number of allylic oxidation sites excluding steroid dienone is 4. The van der Waals surface area contributed by atoms with Gasteiger partial charge in [-0.05, 0) is 18.2 Å². The second kappa shape index (κ2) is 10.5. The summed E-state index contributed by atoms with van der Waals surface area (Å²) >= 11 is 0. The lowest BCUT2D eigenvalue weighted by atomic mass is 9.97. The maximum Gasteiger partial charge on any atom is 0.187 e. The van der Waals surface area contributed by atoms with Crippen molar-refractivity contribution >= 4 is 30.3 Å². The van der Waals surface area contributed by atoms with E-state index in [0.29, 0.717) is 13.1 Å². The minimum atomic E-state index is 0. The molecule has 0 spiro atoms. The van der Waals surface area contributed by atoms with Crippen LogP contribution in [0.1, 0.15) is 11.1 Å². The molecule has 0 radical (unpaired) electrons. The molecule has 2 aromatic carbocycles. The number of piperidine rings is 1. The van der Waals surface area contributed by atoms with E-state index in [1.165, 1.54) is 0 Å². The molecule has 2 aromatic rings. The minimum Gasteiger partial charge on any atom is -0.298 e. The molecule has 1 heterocycles. The summed E-state index contributed by atoms with van der Waals surface area (Å²) in [6.45, 7) is 1.36. The first-order valence-electron chi connectivity index (χ1n) is 8.80. The number of Topliss-reactive ketones (excluding diaryl/α,β-unsaturated/α-hetero) is 1. The zero-order valence-electron chi connectivity index (χ0n) is 15.4. The highest BCUT2D eigenvalue weighted by Gasteiger charge is 2.22. The van der Waals surface area contributed by atoms with Gasteiger partial charge in [-0.1, -0.05) is 97.1 Å². The predicted octanol–water partition coefficient (Wildman–Crippen LogP) is 5.20. The Balaban J connectivity index is 0.00000261. The molecule has 1 aliphatic rings. The number of hydrogen-bond donors (Lipinski definition) is 0. The Kier molecular flexibility index (Phi) is 8.00. The molecule has 0 saturated carbocycles. The Hall–Kier alpha value is -2.68. The number of benzene rings is 2. The fourth-order valence-corrected chi connectivity index (χ4v) is 2.92. The van der Waals surface area contributed by atoms with Crippen LogP contribution < -0.4 is 0 Å². The summed E-state index contributed by atoms with van der Waals surface area (Å²) in [5, 5.41) is 0. The summed E-state index contributed by atoms with van der Waals surface area (Å²) < 4.78 is 0. The van der Waals surface area contributed by atoms with Gasteiger partial charge in [0.25, 0.3) is 0 Å². The lowest BCUT2D eigenvalue weighted by molar-refractivity contribution is -0.113. The van der Waals surface area contributed by atoms with Crippen molar-refractivity contribution in [2.45, 2.75) is 0 Å². The van der Waals surface area contributed by atoms with Crippen molar-refractivity contribution < 1.29 is 4.79 Å². The van der Waals surface area contributed by atoms with E-state index in [2.05, 4.69) is 4.90 Å². The Morgan fingerprint density at radius 1 is 0.741 bits per heavy atom. The van der Waals surface area contributed by atoms with Gasteiger partial charge in [0, 0.05) is 24.2 Å². The van der Waals surface area contributed by atoms with Crippen molar-refractivity contribution in [3.63, 3.8) is 0 Å². The Labute approximate surface area is 167 Å². The van der Waals surface area contributed by atoms with Crippen molar-refractivity contribution in [1.29, 1.82) is 0 Å². The number of carbonyl (C=O) groups excluding carboxylic acids is 1. The average Bonchev–Trinajstić information content (AvgIpc) is 2.67. The van der Waals surface area contributed by atoms with E-state index < -0.39 is 0 Å². The molecule has 0 aliphatic carbocycles. The van der Waals surface area contributed by atoms with E-state index in [9.17, 15) is 4.79 Å². The molecule has 2 nitrogen and oxygen atoms in total. The molecule has 0 N–H and O–H groups in total. The second-order valence-electron chi connectivity index (χ2n) is 6.42. The molecular formula is C24H24ClNO. The van der Waals surface area contributed by atoms with Crippen molar-refractivity contribution in [1.82, 2.24) is 4.90 Å². The van der Waals surface area contributed by atoms with Crippen LogP contribution in [0.5, 0.6) is 0 Å². The van der Waals surface area contributed by atoms with E-state index in [-0.39, 0.29) is 18.2 Å². The van der Waals surface area contributed by atoms with Gasteiger partial charge in [0.1, 0.15) is 0 Å². The molecular weight excluding hydrogens is 354 g/mol. The molecule has 27 heavy (non-hydrogen) atoms. The zero-order chi connectivity index (χ0) is 18.2. The van der Waals surface area contributed by atoms with Gasteiger partial charge in [-0.25, -0.2) is 0 Å². The van der Waals surface area contributed by atoms with Crippen molar-refractivity contribution in [2.24, 2.45) is 0 Å². The quantitative estimate of drug-likeness (QED) is 0.682. The number of likely N-dealkylation sites (tertiary alicyclic amines) is 1. The van der Waals surface area contributed by atoms with Crippen molar-refractivity contribution in [2.75, 3.05) is 20.1 Å². The third kappa shape index (κ3) is 6.21. The fourth-order valence-electron chi connectivity index (χ4n) is 2.92. The molecule has 1 fully saturated rings. The van der Waals surface area contributed by atoms with Crippen LogP contribution >= 0.6 is 12.4 Å². The second-order valence-corrected chi connectivity index (χ2v) is 6.42. The Morgan fingerprint density at radius 3 is 1.56 bits per heavy atom. The van der Waals surface area contributed by atoms with Crippen LogP contribution in [0.2, 0.25) is 0 Å². The maximum atomic E-state index is 12.7. The summed E-state index contributed by atoms with van der Waals surface area (Å²) in [4.78, 5) is 14.9. The normalized spacial score (nSPS) is 18.5. The number of ketones is 1. The van der Waals surface area contributed by atoms with Crippen LogP contribution in [-0.2, 0) is 4.79 Å². The summed E-state index contributed by atoms with van der Waals surface area (Å²) in [7, 11) is 2.04. The van der Waals surface area contributed by atoms with Crippen LogP contribution in [-0.4, -0.2) is 30.8 Å². The number of hydrogen-bond acceptors (Lipinski definition) is 2. The summed E-state index contributed by atoms with van der Waals surface area (Å²) in [6, 6.07) is 20.2. The molecule has 1 aliphatic heterocycles. The van der Waals surface area contributed by atoms with E-state index >= 15 is 0 Å². The zero-order valence-corrected chi connectivity index (χ0v) is 16.2. The first-order chi connectivity index (χ1) is 12.7. The first-order valence-corrected chi connectivity index (χ1v) is 8.80. The number of likely N-dealkylation sites (N-methyl/N-ethyl adjacent to an activating group) is 1. The smallest absolute Gasteiger partial charge is 0.187 e. The first kappa shape index (κ1) is 20.6. The fraction of sp³-hybridized carbons (Fsp3) is 0.125. The number of rotatable bonds is 4. The van der Waals surface area contributed by atoms with Crippen molar-refractivity contribution in [3.05, 3.63) is 107 Å². The average molecular weight is 378 g/mol. The summed E-state index contributed by atoms with van der Waals surface area (Å²) in [5.41, 5.74) is 3.90. The predicted molar refractivity (Wildman–Crippen MR) is 117 cm³/mol. The van der Waals surface area contributed by atoms with Gasteiger partial charge in [0.15, 0.2) is 5.78 Å². The highest BCUT2D eigenvalue weighted by atomic mass is 35.5. The number of carbonyl (C=O) groups is 1. The van der Waals surface area contributed by atoms with Gasteiger partial charge in [0.05, 0.1) is 0 Å². The van der Waals surface area contributed by atoms with Crippen LogP contribution in [0.4, 0.5) is 0 Å². The third-order valence-corrected chi connectivity index (χ3v) is 4.24. The molecule has 0 bridgehead atoms. The standard InChI is InChI=1S/C24H23NO.ClH/c1-25-18-22(16-8-14-20-10-4-2-5-11-20)24(26)23(19-25)17-9-15-21-12-6-3-7-13-21;/h2-17H,18-19H2,1H3;1H/b14-8+,15-9+,22-16-,23-17+;. The lowest BCUT2D eigenvalue weighted by Crippen LogP contribution is -2.34. The molecule has 1 saturated heterocycles. The van der Waals surface area contributed by atoms with Crippen LogP contribution in [0.3, 0.4) is 0 Å². The lowest BCUT2D eigenvalue weighted by Gasteiger charge is -2.25. The molecule has 0 atom stereocenters. The topological polar surface area (TPSA) is 20.3 Å². The molecule has 0 aromatic heterocycles. The SMILES string of the molecule is CN1C/C(=C/C=C/c2ccccc2)C(=O)/C(=C/C=C/c2ccccc2)C1.Cl. The summed E-state index contributed by atoms with van der Waals surface area (Å²) in [6.07, 6.45) is 11.8. The van der Waals surface area contributed by atoms with Gasteiger partial charge in [0.2, 0.25) is 0 Å². The van der Waals surface area contributed by atoms with Crippen LogP contribution in [0, 0.1) is 0 Å². The van der Waals surface area contributed by atoms with Gasteiger partial charge in [-0.15, -0.1) is 12.4 Å². The Morgan fingerprint density at radius 2 is 1.15 bits per heavy atom. The molecule has 3 rings (SSSR count). The highest BCUT2D eigenvalue weighted by molar-refractivity contribution is 6.10. The number of nitrogens with zero attached hydrogens (tertiary/aromatic N) is 1. The van der Waals surface area contributed by atoms with Gasteiger partial charge in [-0.3, -0.25) is 9.69 Å². The van der Waals surface area contributed by atoms with Gasteiger partial charge >= 0.3 is 0 Å². The number of halogens is 1. The molecule has 138 valence electrons. The van der Waals surface area contributed by atoms with E-state index in [1.807, 2.05) is 104 Å². The van der Waals surface area contributed by atoms with Crippen LogP contribution in [0.25, 0.3) is 12.2 Å². The Bertz CT molecular complexity index is 792.